The second kappa shape index (κ2) is 83.1. The smallest absolute Gasteiger partial charge is 0 e. The normalized spacial score (nSPS) is 10.3. The van der Waals surface area contributed by atoms with E-state index in [9.17, 15) is 47.9 Å². The largest absolute Gasteiger partial charge is 0 e. The first kappa shape index (κ1) is 91.0. The van der Waals surface area contributed by atoms with Crippen LogP contribution in [0.5, 0.6) is 0 Å². The van der Waals surface area contributed by atoms with Crippen LogP contribution in [0.25, 0.3) is 0 Å². The van der Waals surface area contributed by atoms with E-state index in [1.54, 1.807) is 19.1 Å². The van der Waals surface area contributed by atoms with Gasteiger partial charge in [-0.15, -0.1) is 6.58 Å². The van der Waals surface area contributed by atoms with Gasteiger partial charge in [0.2, 0.25) is 0 Å². The van der Waals surface area contributed by atoms with Gasteiger partial charge in [0.05, 0.1) is 25.4 Å². The molecule has 0 bridgehead atoms. The first-order valence-electron chi connectivity index (χ1n) is 20.8. The van der Waals surface area contributed by atoms with Gasteiger partial charge in [0.25, 0.3) is 0 Å². The molecule has 394 valence electrons. The summed E-state index contributed by atoms with van der Waals surface area (Å²) in [6.07, 6.45) is 18.4. The molecule has 66 heavy (non-hydrogen) atoms. The van der Waals surface area contributed by atoms with Gasteiger partial charge in [-0.1, -0.05) is 93.4 Å². The van der Waals surface area contributed by atoms with E-state index in [0.717, 1.165) is 76.9 Å². The molecular formula is C47H92O19. The van der Waals surface area contributed by atoms with E-state index < -0.39 is 35.8 Å². The molecule has 8 N–H and O–H groups in total. The number of hydrogen-bond donors (Lipinski definition) is 6. The second-order valence-electron chi connectivity index (χ2n) is 12.7. The summed E-state index contributed by atoms with van der Waals surface area (Å²) in [6, 6.07) is 0. The third-order valence-electron chi connectivity index (χ3n) is 6.19. The van der Waals surface area contributed by atoms with Crippen LogP contribution in [0, 0.1) is 6.65 Å². The van der Waals surface area contributed by atoms with Gasteiger partial charge in [-0.3, -0.25) is 33.6 Å². The van der Waals surface area contributed by atoms with E-state index in [2.05, 4.69) is 27.1 Å². The number of carbonyl (C=O) groups excluding carboxylic acids is 4. The molecule has 1 saturated heterocycles. The van der Waals surface area contributed by atoms with Gasteiger partial charge >= 0.3 is 53.1 Å². The molecule has 0 aromatic carbocycles. The van der Waals surface area contributed by atoms with Crippen LogP contribution in [0.1, 0.15) is 207 Å². The number of ether oxygens (including phenoxy) is 1. The number of esters is 1. The van der Waals surface area contributed by atoms with E-state index in [-0.39, 0.29) is 77.5 Å². The molecule has 19 heteroatoms. The van der Waals surface area contributed by atoms with Gasteiger partial charge in [-0.25, -0.2) is 0 Å². The van der Waals surface area contributed by atoms with E-state index in [4.69, 9.17) is 40.0 Å². The number of aliphatic carboxylic acids is 6. The molecule has 0 aromatic rings. The Morgan fingerprint density at radius 3 is 1.03 bits per heavy atom. The number of carboxylic acids is 6. The van der Waals surface area contributed by atoms with Crippen molar-refractivity contribution in [1.29, 1.82) is 0 Å². The summed E-state index contributed by atoms with van der Waals surface area (Å²) >= 11 is 0. The Morgan fingerprint density at radius 2 is 0.955 bits per heavy atom. The predicted octanol–water partition coefficient (Wildman–Crippen LogP) is 10.0. The fourth-order valence-corrected chi connectivity index (χ4v) is 2.72. The van der Waals surface area contributed by atoms with Crippen molar-refractivity contribution in [3.8, 4) is 0 Å². The van der Waals surface area contributed by atoms with Crippen molar-refractivity contribution in [3.05, 3.63) is 31.5 Å². The molecule has 0 radical (unpaired) electrons. The zero-order chi connectivity index (χ0) is 51.5. The Bertz CT molecular complexity index is 1120. The zero-order valence-electron chi connectivity index (χ0n) is 39.8. The number of carbonyl (C=O) groups is 10. The molecule has 1 fully saturated rings. The minimum absolute atomic E-state index is 0. The van der Waals surface area contributed by atoms with Gasteiger partial charge in [0.15, 0.2) is 0 Å². The second-order valence-corrected chi connectivity index (χ2v) is 12.7. The number of carboxylic acid groups (broad SMARTS) is 6. The molecule has 1 atom stereocenters. The minimum Gasteiger partial charge on any atom is 0 e. The molecule has 1 rings (SSSR count). The number of ketones is 2. The van der Waals surface area contributed by atoms with Crippen LogP contribution in [0.4, 0.5) is 0 Å². The third kappa shape index (κ3) is 172. The number of allylic oxidation sites excluding steroid dienone is 2. The average molecular weight is 961 g/mol. The Kier molecular flexibility index (Phi) is 115. The van der Waals surface area contributed by atoms with Gasteiger partial charge in [0.1, 0.15) is 17.9 Å². The van der Waals surface area contributed by atoms with Crippen LogP contribution in [-0.2, 0) is 57.3 Å². The van der Waals surface area contributed by atoms with Crippen LogP contribution in [0.3, 0.4) is 0 Å². The first-order chi connectivity index (χ1) is 29.4. The first-order valence-corrected chi connectivity index (χ1v) is 20.8. The summed E-state index contributed by atoms with van der Waals surface area (Å²) in [6.45, 7) is 24.5. The maximum atomic E-state index is 10.2. The molecule has 1 aliphatic heterocycles. The van der Waals surface area contributed by atoms with Crippen LogP contribution in [-0.4, -0.2) is 102 Å². The molecule has 0 aromatic heterocycles. The number of aldehydes is 1. The van der Waals surface area contributed by atoms with E-state index in [0.29, 0.717) is 25.7 Å². The third-order valence-corrected chi connectivity index (χ3v) is 6.19. The molecule has 0 spiro atoms. The zero-order valence-corrected chi connectivity index (χ0v) is 39.8. The topological polar surface area (TPSA) is 353 Å². The van der Waals surface area contributed by atoms with E-state index in [1.807, 2.05) is 33.8 Å². The van der Waals surface area contributed by atoms with Crippen molar-refractivity contribution >= 4 is 59.6 Å². The monoisotopic (exact) mass is 961 g/mol. The minimum atomic E-state index is -0.916. The summed E-state index contributed by atoms with van der Waals surface area (Å²) < 4.78 is 12.2. The van der Waals surface area contributed by atoms with Crippen LogP contribution < -0.4 is 0 Å². The van der Waals surface area contributed by atoms with E-state index in [1.165, 1.54) is 13.8 Å². The van der Waals surface area contributed by atoms with Gasteiger partial charge in [0, 0.05) is 46.4 Å². The molecular weight excluding hydrogens is 868 g/mol. The molecule has 0 amide bonds. The quantitative estimate of drug-likeness (QED) is 0.0155. The Morgan fingerprint density at radius 1 is 0.652 bits per heavy atom. The summed E-state index contributed by atoms with van der Waals surface area (Å²) in [7, 11) is 0. The Balaban J connectivity index is -0.0000000441. The number of Topliss-reactive ketones (excluding diaryl/α,β-unsaturated/α-hetero) is 2. The SMILES string of the molecule is C.C.C/C=C/CC(=O)O.C=CCC.CC(=O)CCC(=O)O.CC(=O)CCC(=O)O.CC1CCC(=O)O1.CCCCC(=O)O.CCCCC(=O)O.CCCCC(=O)O.CCCCC=O.O.[C-]#[O+].[HH]. The van der Waals surface area contributed by atoms with Crippen molar-refractivity contribution in [3.63, 3.8) is 0 Å². The number of rotatable bonds is 21. The van der Waals surface area contributed by atoms with Crippen molar-refractivity contribution in [2.24, 2.45) is 0 Å². The van der Waals surface area contributed by atoms with Gasteiger partial charge < -0.3 is 55.2 Å². The summed E-state index contributed by atoms with van der Waals surface area (Å²) in [5, 5.41) is 48.1. The van der Waals surface area contributed by atoms with Gasteiger partial charge in [-0.2, -0.15) is 0 Å². The number of unbranched alkanes of at least 4 members (excludes halogenated alkanes) is 5. The predicted molar refractivity (Wildman–Crippen MR) is 258 cm³/mol. The average Bonchev–Trinajstić information content (AvgIpc) is 3.62. The Labute approximate surface area is 397 Å². The van der Waals surface area contributed by atoms with Crippen LogP contribution >= 0.6 is 0 Å². The molecule has 0 aliphatic carbocycles. The van der Waals surface area contributed by atoms with Crippen LogP contribution in [0.2, 0.25) is 0 Å². The molecule has 1 aliphatic rings. The maximum absolute atomic E-state index is 10.2. The fraction of sp³-hybridized carbons (Fsp3) is 0.681. The van der Waals surface area contributed by atoms with Gasteiger partial charge in [-0.05, 0) is 66.2 Å². The standard InChI is InChI=1S/2C5H8O3.C5H8O2.3C5H10O2.C5H8O2.C5H10O.C4H8.CO.2CH4.H2O.H2/c2*1-4(6)2-3-5(7)8;1-4-2-3-5(6)7-4;4*1-2-3-4-5(6)7;1-2-3-4-5-6;1-3-4-2;1-2;;;;/h2*2-3H2,1H3,(H,7,8);4H,2-3H2,1H3;3*2-4H2,1H3,(H,6,7);2-3H,4H2,1H3,(H,6,7);5H,2-4H2,1H3;3H,1,4H2,2H3;;2*1H4;1H2;1H/b;;;;;;3-2+;;;;;;;. The summed E-state index contributed by atoms with van der Waals surface area (Å²) in [4.78, 5) is 98.4. The van der Waals surface area contributed by atoms with Crippen molar-refractivity contribution in [2.45, 2.75) is 212 Å². The summed E-state index contributed by atoms with van der Waals surface area (Å²) in [5.74, 6) is -4.89. The molecule has 19 nitrogen and oxygen atoms in total. The number of hydrogen-bond acceptors (Lipinski definition) is 11. The van der Waals surface area contributed by atoms with Crippen molar-refractivity contribution in [1.82, 2.24) is 0 Å². The Hall–Kier alpha value is -5.52. The van der Waals surface area contributed by atoms with Crippen molar-refractivity contribution < 1.29 is 94.9 Å². The van der Waals surface area contributed by atoms with E-state index >= 15 is 0 Å². The molecule has 1 unspecified atom stereocenters. The number of cyclic esters (lactones) is 1. The summed E-state index contributed by atoms with van der Waals surface area (Å²) in [5.41, 5.74) is 0. The maximum Gasteiger partial charge on any atom is 0 e. The van der Waals surface area contributed by atoms with Crippen LogP contribution in [0.15, 0.2) is 24.8 Å². The fourth-order valence-electron chi connectivity index (χ4n) is 2.72. The molecule has 1 heterocycles. The molecule has 0 saturated carbocycles. The van der Waals surface area contributed by atoms with Crippen molar-refractivity contribution in [2.75, 3.05) is 0 Å².